The van der Waals surface area contributed by atoms with Gasteiger partial charge < -0.3 is 9.84 Å². The molecular formula is C13H12F2O3. The van der Waals surface area contributed by atoms with E-state index in [1.54, 1.807) is 18.2 Å². The molecule has 0 saturated heterocycles. The third kappa shape index (κ3) is 2.20. The normalized spacial score (nSPS) is 19.5. The first-order valence-corrected chi connectivity index (χ1v) is 5.45. The lowest BCUT2D eigenvalue weighted by molar-refractivity contribution is -0.134. The van der Waals surface area contributed by atoms with Crippen molar-refractivity contribution in [1.82, 2.24) is 0 Å². The molecule has 2 atom stereocenters. The van der Waals surface area contributed by atoms with Crippen molar-refractivity contribution in [1.29, 1.82) is 0 Å². The Kier molecular flexibility index (Phi) is 3.32. The monoisotopic (exact) mass is 254 g/mol. The average molecular weight is 254 g/mol. The van der Waals surface area contributed by atoms with E-state index in [1.807, 2.05) is 6.92 Å². The molecule has 5 heteroatoms. The van der Waals surface area contributed by atoms with Crippen LogP contribution in [0.2, 0.25) is 0 Å². The van der Waals surface area contributed by atoms with Crippen molar-refractivity contribution in [2.24, 2.45) is 0 Å². The van der Waals surface area contributed by atoms with Gasteiger partial charge in [-0.2, -0.15) is 0 Å². The van der Waals surface area contributed by atoms with Gasteiger partial charge in [0.1, 0.15) is 12.4 Å². The van der Waals surface area contributed by atoms with E-state index in [2.05, 4.69) is 0 Å². The van der Waals surface area contributed by atoms with Crippen molar-refractivity contribution in [3.05, 3.63) is 34.9 Å². The SMILES string of the molecule is Cc1ccc2c(c1)C=C(C(=O)O)C(C(F)CF)O2. The summed E-state index contributed by atoms with van der Waals surface area (Å²) in [4.78, 5) is 11.0. The van der Waals surface area contributed by atoms with E-state index < -0.39 is 24.9 Å². The lowest BCUT2D eigenvalue weighted by Crippen LogP contribution is -2.36. The molecule has 0 bridgehead atoms. The van der Waals surface area contributed by atoms with E-state index >= 15 is 0 Å². The number of alkyl halides is 2. The van der Waals surface area contributed by atoms with Crippen molar-refractivity contribution < 1.29 is 23.4 Å². The van der Waals surface area contributed by atoms with Crippen LogP contribution in [0.3, 0.4) is 0 Å². The average Bonchev–Trinajstić information content (AvgIpc) is 2.36. The van der Waals surface area contributed by atoms with Gasteiger partial charge in [-0.15, -0.1) is 0 Å². The molecule has 0 spiro atoms. The number of hydrogen-bond acceptors (Lipinski definition) is 2. The molecule has 0 amide bonds. The smallest absolute Gasteiger partial charge is 0.335 e. The van der Waals surface area contributed by atoms with Crippen molar-refractivity contribution in [2.45, 2.75) is 19.2 Å². The van der Waals surface area contributed by atoms with E-state index in [9.17, 15) is 13.6 Å². The van der Waals surface area contributed by atoms with Gasteiger partial charge in [0.05, 0.1) is 5.57 Å². The minimum absolute atomic E-state index is 0.266. The number of hydrogen-bond donors (Lipinski definition) is 1. The Labute approximate surface area is 103 Å². The minimum atomic E-state index is -1.98. The second-order valence-corrected chi connectivity index (χ2v) is 4.15. The standard InChI is InChI=1S/C13H12F2O3/c1-7-2-3-11-8(4-7)5-9(13(16)17)12(18-11)10(15)6-14/h2-5,10,12H,6H2,1H3,(H,16,17). The molecular weight excluding hydrogens is 242 g/mol. The van der Waals surface area contributed by atoms with Gasteiger partial charge >= 0.3 is 5.97 Å². The topological polar surface area (TPSA) is 46.5 Å². The molecule has 1 heterocycles. The summed E-state index contributed by atoms with van der Waals surface area (Å²) in [5.41, 5.74) is 1.23. The molecule has 0 aromatic heterocycles. The molecule has 3 nitrogen and oxygen atoms in total. The minimum Gasteiger partial charge on any atom is -0.482 e. The Hall–Kier alpha value is -1.91. The van der Waals surface area contributed by atoms with Crippen LogP contribution < -0.4 is 4.74 Å². The number of fused-ring (bicyclic) bond motifs is 1. The molecule has 2 rings (SSSR count). The Morgan fingerprint density at radius 3 is 2.89 bits per heavy atom. The fourth-order valence-corrected chi connectivity index (χ4v) is 1.87. The molecule has 1 aliphatic rings. The van der Waals surface area contributed by atoms with Crippen LogP contribution in [0.5, 0.6) is 5.75 Å². The zero-order valence-corrected chi connectivity index (χ0v) is 9.69. The fourth-order valence-electron chi connectivity index (χ4n) is 1.87. The molecule has 1 aromatic rings. The number of carbonyl (C=O) groups is 1. The van der Waals surface area contributed by atoms with E-state index in [1.165, 1.54) is 6.08 Å². The molecule has 18 heavy (non-hydrogen) atoms. The molecule has 2 unspecified atom stereocenters. The van der Waals surface area contributed by atoms with Gasteiger partial charge in [0.25, 0.3) is 0 Å². The second-order valence-electron chi connectivity index (χ2n) is 4.15. The Morgan fingerprint density at radius 2 is 2.28 bits per heavy atom. The highest BCUT2D eigenvalue weighted by Gasteiger charge is 2.34. The molecule has 0 saturated carbocycles. The van der Waals surface area contributed by atoms with Crippen LogP contribution in [0, 0.1) is 6.92 Å². The van der Waals surface area contributed by atoms with Crippen LogP contribution in [0.15, 0.2) is 23.8 Å². The predicted octanol–water partition coefficient (Wildman–Crippen LogP) is 2.53. The lowest BCUT2D eigenvalue weighted by atomic mass is 9.98. The highest BCUT2D eigenvalue weighted by atomic mass is 19.2. The summed E-state index contributed by atoms with van der Waals surface area (Å²) < 4.78 is 31.0. The summed E-state index contributed by atoms with van der Waals surface area (Å²) in [6.07, 6.45) is -2.05. The lowest BCUT2D eigenvalue weighted by Gasteiger charge is -2.26. The molecule has 0 fully saturated rings. The highest BCUT2D eigenvalue weighted by molar-refractivity contribution is 5.95. The molecule has 1 aliphatic heterocycles. The molecule has 1 N–H and O–H groups in total. The number of halogens is 2. The van der Waals surface area contributed by atoms with Crippen molar-refractivity contribution >= 4 is 12.0 Å². The third-order valence-electron chi connectivity index (χ3n) is 2.76. The summed E-state index contributed by atoms with van der Waals surface area (Å²) in [5, 5.41) is 9.01. The van der Waals surface area contributed by atoms with Crippen LogP contribution in [0.4, 0.5) is 8.78 Å². The van der Waals surface area contributed by atoms with Gasteiger partial charge in [0.2, 0.25) is 0 Å². The summed E-state index contributed by atoms with van der Waals surface area (Å²) in [6.45, 7) is 0.566. The number of carboxylic acids is 1. The molecule has 0 radical (unpaired) electrons. The number of aliphatic carboxylic acids is 1. The third-order valence-corrected chi connectivity index (χ3v) is 2.76. The number of ether oxygens (including phenoxy) is 1. The maximum absolute atomic E-state index is 13.4. The second kappa shape index (κ2) is 4.76. The van der Waals surface area contributed by atoms with Crippen molar-refractivity contribution in [2.75, 3.05) is 6.67 Å². The number of rotatable bonds is 3. The Bertz CT molecular complexity index is 511. The van der Waals surface area contributed by atoms with E-state index in [-0.39, 0.29) is 5.57 Å². The zero-order chi connectivity index (χ0) is 13.3. The van der Waals surface area contributed by atoms with Gasteiger partial charge in [0, 0.05) is 5.56 Å². The predicted molar refractivity (Wildman–Crippen MR) is 62.1 cm³/mol. The molecule has 96 valence electrons. The summed E-state index contributed by atoms with van der Waals surface area (Å²) >= 11 is 0. The van der Waals surface area contributed by atoms with Crippen LogP contribution in [-0.4, -0.2) is 30.0 Å². The first-order valence-electron chi connectivity index (χ1n) is 5.45. The van der Waals surface area contributed by atoms with Crippen LogP contribution in [0.1, 0.15) is 11.1 Å². The van der Waals surface area contributed by atoms with Crippen LogP contribution in [0.25, 0.3) is 6.08 Å². The number of carboxylic acid groups (broad SMARTS) is 1. The maximum Gasteiger partial charge on any atom is 0.335 e. The van der Waals surface area contributed by atoms with Crippen molar-refractivity contribution in [3.8, 4) is 5.75 Å². The molecule has 1 aromatic carbocycles. The maximum atomic E-state index is 13.4. The van der Waals surface area contributed by atoms with Crippen LogP contribution in [-0.2, 0) is 4.79 Å². The summed E-state index contributed by atoms with van der Waals surface area (Å²) in [7, 11) is 0. The highest BCUT2D eigenvalue weighted by Crippen LogP contribution is 2.32. The fraction of sp³-hybridized carbons (Fsp3) is 0.308. The summed E-state index contributed by atoms with van der Waals surface area (Å²) in [6, 6.07) is 5.12. The summed E-state index contributed by atoms with van der Waals surface area (Å²) in [5.74, 6) is -0.935. The number of benzene rings is 1. The van der Waals surface area contributed by atoms with Crippen molar-refractivity contribution in [3.63, 3.8) is 0 Å². The van der Waals surface area contributed by atoms with E-state index in [4.69, 9.17) is 9.84 Å². The van der Waals surface area contributed by atoms with Gasteiger partial charge in [-0.1, -0.05) is 11.6 Å². The van der Waals surface area contributed by atoms with Crippen LogP contribution >= 0.6 is 0 Å². The Morgan fingerprint density at radius 1 is 1.56 bits per heavy atom. The van der Waals surface area contributed by atoms with Gasteiger partial charge in [-0.25, -0.2) is 13.6 Å². The first kappa shape index (κ1) is 12.5. The Balaban J connectivity index is 2.46. The van der Waals surface area contributed by atoms with E-state index in [0.717, 1.165) is 5.56 Å². The van der Waals surface area contributed by atoms with Gasteiger partial charge in [0.15, 0.2) is 12.3 Å². The zero-order valence-electron chi connectivity index (χ0n) is 9.69. The van der Waals surface area contributed by atoms with Gasteiger partial charge in [-0.3, -0.25) is 0 Å². The number of aryl methyl sites for hydroxylation is 1. The largest absolute Gasteiger partial charge is 0.482 e. The quantitative estimate of drug-likeness (QED) is 0.901. The first-order chi connectivity index (χ1) is 8.52. The van der Waals surface area contributed by atoms with E-state index in [0.29, 0.717) is 11.3 Å². The van der Waals surface area contributed by atoms with Gasteiger partial charge in [-0.05, 0) is 25.1 Å². The molecule has 0 aliphatic carbocycles.